The molecule has 0 amide bonds. The Kier molecular flexibility index (Phi) is 2.19. The highest BCUT2D eigenvalue weighted by Gasteiger charge is 2.20. The standard InChI is InChI=1S/C6H6ClNO2/c1-10-5-3-8-2-4(7)6(5)9/h2-3,5H,1H3. The van der Waals surface area contributed by atoms with Crippen LogP contribution in [0.1, 0.15) is 0 Å². The van der Waals surface area contributed by atoms with Crippen LogP contribution >= 0.6 is 11.6 Å². The molecule has 0 fully saturated rings. The summed E-state index contributed by atoms with van der Waals surface area (Å²) in [6.07, 6.45) is 2.12. The molecule has 4 heteroatoms. The topological polar surface area (TPSA) is 38.7 Å². The van der Waals surface area contributed by atoms with Gasteiger partial charge in [-0.2, -0.15) is 0 Å². The Morgan fingerprint density at radius 3 is 3.00 bits per heavy atom. The van der Waals surface area contributed by atoms with E-state index < -0.39 is 6.10 Å². The van der Waals surface area contributed by atoms with Crippen LogP contribution in [0.15, 0.2) is 16.2 Å². The maximum absolute atomic E-state index is 10.9. The average molecular weight is 160 g/mol. The van der Waals surface area contributed by atoms with E-state index in [1.807, 2.05) is 0 Å². The summed E-state index contributed by atoms with van der Waals surface area (Å²) in [5, 5.41) is 0.120. The fourth-order valence-corrected chi connectivity index (χ4v) is 0.786. The summed E-state index contributed by atoms with van der Waals surface area (Å²) < 4.78 is 4.75. The first kappa shape index (κ1) is 7.44. The normalized spacial score (nSPS) is 24.8. The Balaban J connectivity index is 2.78. The van der Waals surface area contributed by atoms with E-state index in [0.717, 1.165) is 0 Å². The molecule has 0 aromatic rings. The number of ketones is 1. The lowest BCUT2D eigenvalue weighted by atomic mass is 10.2. The Labute approximate surface area is 63.3 Å². The van der Waals surface area contributed by atoms with E-state index in [1.54, 1.807) is 0 Å². The van der Waals surface area contributed by atoms with Crippen LogP contribution in [0.3, 0.4) is 0 Å². The van der Waals surface area contributed by atoms with Gasteiger partial charge in [-0.25, -0.2) is 0 Å². The van der Waals surface area contributed by atoms with E-state index in [2.05, 4.69) is 4.99 Å². The number of Topliss-reactive ketones (excluding diaryl/α,β-unsaturated/α-hetero) is 1. The molecule has 1 unspecified atom stereocenters. The number of methoxy groups -OCH3 is 1. The largest absolute Gasteiger partial charge is 0.368 e. The van der Waals surface area contributed by atoms with Crippen LogP contribution in [0.5, 0.6) is 0 Å². The van der Waals surface area contributed by atoms with Crippen molar-refractivity contribution >= 4 is 23.6 Å². The van der Waals surface area contributed by atoms with Gasteiger partial charge in [-0.1, -0.05) is 11.6 Å². The van der Waals surface area contributed by atoms with Crippen molar-refractivity contribution in [2.45, 2.75) is 6.10 Å². The van der Waals surface area contributed by atoms with E-state index >= 15 is 0 Å². The summed E-state index contributed by atoms with van der Waals surface area (Å²) in [5.41, 5.74) is 0. The number of aliphatic imine (C=N–C) groups is 1. The van der Waals surface area contributed by atoms with E-state index in [1.165, 1.54) is 19.5 Å². The molecule has 0 radical (unpaired) electrons. The molecule has 0 bridgehead atoms. The number of ether oxygens (including phenoxy) is 1. The maximum atomic E-state index is 10.9. The molecule has 1 rings (SSSR count). The Morgan fingerprint density at radius 2 is 2.50 bits per heavy atom. The van der Waals surface area contributed by atoms with Crippen molar-refractivity contribution in [1.82, 2.24) is 0 Å². The van der Waals surface area contributed by atoms with E-state index in [-0.39, 0.29) is 10.8 Å². The van der Waals surface area contributed by atoms with Crippen LogP contribution in [-0.2, 0) is 9.53 Å². The van der Waals surface area contributed by atoms with Gasteiger partial charge in [-0.05, 0) is 0 Å². The molecule has 1 heterocycles. The van der Waals surface area contributed by atoms with Crippen LogP contribution in [0.2, 0.25) is 0 Å². The van der Waals surface area contributed by atoms with Gasteiger partial charge < -0.3 is 4.74 Å². The van der Waals surface area contributed by atoms with Crippen LogP contribution in [0.25, 0.3) is 0 Å². The molecular weight excluding hydrogens is 154 g/mol. The number of carbonyl (C=O) groups excluding carboxylic acids is 1. The monoisotopic (exact) mass is 159 g/mol. The molecule has 0 aliphatic carbocycles. The third kappa shape index (κ3) is 1.25. The van der Waals surface area contributed by atoms with E-state index in [9.17, 15) is 4.79 Å². The quantitative estimate of drug-likeness (QED) is 0.566. The smallest absolute Gasteiger partial charge is 0.209 e. The lowest BCUT2D eigenvalue weighted by Crippen LogP contribution is -2.26. The summed E-state index contributed by atoms with van der Waals surface area (Å²) in [7, 11) is 1.43. The zero-order valence-electron chi connectivity index (χ0n) is 5.37. The SMILES string of the molecule is COC1C=NC=C(Cl)C1=O. The second-order valence-corrected chi connectivity index (χ2v) is 2.20. The maximum Gasteiger partial charge on any atom is 0.209 e. The first-order valence-electron chi connectivity index (χ1n) is 2.71. The third-order valence-electron chi connectivity index (χ3n) is 1.16. The van der Waals surface area contributed by atoms with Gasteiger partial charge in [0, 0.05) is 19.5 Å². The fraction of sp³-hybridized carbons (Fsp3) is 0.333. The van der Waals surface area contributed by atoms with Crippen molar-refractivity contribution in [3.8, 4) is 0 Å². The average Bonchev–Trinajstić information content (AvgIpc) is 1.95. The Morgan fingerprint density at radius 1 is 1.80 bits per heavy atom. The lowest BCUT2D eigenvalue weighted by molar-refractivity contribution is -0.120. The molecule has 0 aromatic carbocycles. The third-order valence-corrected chi connectivity index (χ3v) is 1.44. The summed E-state index contributed by atoms with van der Waals surface area (Å²) in [5.74, 6) is -0.237. The minimum Gasteiger partial charge on any atom is -0.368 e. The number of halogens is 1. The summed E-state index contributed by atoms with van der Waals surface area (Å²) in [6, 6.07) is 0. The van der Waals surface area contributed by atoms with Crippen LogP contribution in [0, 0.1) is 0 Å². The van der Waals surface area contributed by atoms with Gasteiger partial charge in [0.05, 0.1) is 0 Å². The molecule has 0 aromatic heterocycles. The summed E-state index contributed by atoms with van der Waals surface area (Å²) >= 11 is 5.46. The van der Waals surface area contributed by atoms with Crippen LogP contribution < -0.4 is 0 Å². The van der Waals surface area contributed by atoms with Gasteiger partial charge in [-0.3, -0.25) is 9.79 Å². The highest BCUT2D eigenvalue weighted by molar-refractivity contribution is 6.44. The second kappa shape index (κ2) is 2.94. The van der Waals surface area contributed by atoms with Crippen molar-refractivity contribution in [2.24, 2.45) is 4.99 Å². The molecule has 10 heavy (non-hydrogen) atoms. The van der Waals surface area contributed by atoms with Gasteiger partial charge >= 0.3 is 0 Å². The molecule has 0 saturated heterocycles. The lowest BCUT2D eigenvalue weighted by Gasteiger charge is -2.09. The first-order chi connectivity index (χ1) is 4.75. The molecule has 0 N–H and O–H groups in total. The minimum atomic E-state index is -0.600. The van der Waals surface area contributed by atoms with Gasteiger partial charge in [0.2, 0.25) is 5.78 Å². The van der Waals surface area contributed by atoms with Gasteiger partial charge in [0.15, 0.2) is 6.10 Å². The molecule has 0 spiro atoms. The number of hydrogen-bond donors (Lipinski definition) is 0. The highest BCUT2D eigenvalue weighted by Crippen LogP contribution is 2.10. The predicted octanol–water partition coefficient (Wildman–Crippen LogP) is 0.735. The van der Waals surface area contributed by atoms with Gasteiger partial charge in [0.1, 0.15) is 5.03 Å². The Hall–Kier alpha value is -0.670. The van der Waals surface area contributed by atoms with Crippen molar-refractivity contribution < 1.29 is 9.53 Å². The number of hydrogen-bond acceptors (Lipinski definition) is 3. The zero-order valence-corrected chi connectivity index (χ0v) is 6.13. The van der Waals surface area contributed by atoms with Crippen molar-refractivity contribution in [2.75, 3.05) is 7.11 Å². The van der Waals surface area contributed by atoms with Crippen LogP contribution in [0.4, 0.5) is 0 Å². The summed E-state index contributed by atoms with van der Waals surface area (Å²) in [4.78, 5) is 14.6. The molecular formula is C6H6ClNO2. The minimum absolute atomic E-state index is 0.120. The highest BCUT2D eigenvalue weighted by atomic mass is 35.5. The first-order valence-corrected chi connectivity index (χ1v) is 3.09. The Bertz CT molecular complexity index is 210. The molecule has 1 atom stereocenters. The van der Waals surface area contributed by atoms with Crippen molar-refractivity contribution in [3.05, 3.63) is 11.2 Å². The molecule has 1 aliphatic heterocycles. The van der Waals surface area contributed by atoms with E-state index in [4.69, 9.17) is 16.3 Å². The molecule has 0 saturated carbocycles. The predicted molar refractivity (Wildman–Crippen MR) is 38.2 cm³/mol. The molecule has 54 valence electrons. The van der Waals surface area contributed by atoms with Crippen molar-refractivity contribution in [1.29, 1.82) is 0 Å². The number of nitrogens with zero attached hydrogens (tertiary/aromatic N) is 1. The fourth-order valence-electron chi connectivity index (χ4n) is 0.622. The second-order valence-electron chi connectivity index (χ2n) is 1.80. The van der Waals surface area contributed by atoms with Gasteiger partial charge in [-0.15, -0.1) is 0 Å². The number of rotatable bonds is 1. The van der Waals surface area contributed by atoms with Crippen LogP contribution in [-0.4, -0.2) is 25.2 Å². The number of carbonyl (C=O) groups is 1. The zero-order chi connectivity index (χ0) is 7.56. The van der Waals surface area contributed by atoms with Gasteiger partial charge in [0.25, 0.3) is 0 Å². The summed E-state index contributed by atoms with van der Waals surface area (Å²) in [6.45, 7) is 0. The van der Waals surface area contributed by atoms with Crippen molar-refractivity contribution in [3.63, 3.8) is 0 Å². The van der Waals surface area contributed by atoms with E-state index in [0.29, 0.717) is 0 Å². The molecule has 3 nitrogen and oxygen atoms in total. The molecule has 1 aliphatic rings.